The Labute approximate surface area is 187 Å². The number of nitrogens with zero attached hydrogens (tertiary/aromatic N) is 4. The highest BCUT2D eigenvalue weighted by Gasteiger charge is 2.57. The molecule has 0 spiro atoms. The molecule has 0 aliphatic carbocycles. The van der Waals surface area contributed by atoms with Crippen LogP contribution in [-0.2, 0) is 18.2 Å². The van der Waals surface area contributed by atoms with E-state index in [2.05, 4.69) is 0 Å². The second-order valence-electron chi connectivity index (χ2n) is 7.66. The lowest BCUT2D eigenvalue weighted by molar-refractivity contribution is 0.630. The van der Waals surface area contributed by atoms with Gasteiger partial charge >= 0.3 is 0 Å². The van der Waals surface area contributed by atoms with Crippen molar-refractivity contribution in [3.8, 4) is 11.4 Å². The zero-order valence-electron chi connectivity index (χ0n) is 17.7. The van der Waals surface area contributed by atoms with Gasteiger partial charge in [0.25, 0.3) is 11.1 Å². The standard InChI is InChI=1S/C23H22N4O2S2/c1-15-19(21(28)26(24(15)3)17-11-7-5-8-12-17)23(30-31-23)20-16(2)25(4)27(22(20)29)18-13-9-6-10-14-18/h5-14H,1-4H3. The van der Waals surface area contributed by atoms with E-state index in [1.165, 1.54) is 0 Å². The molecule has 1 saturated heterocycles. The maximum atomic E-state index is 13.7. The summed E-state index contributed by atoms with van der Waals surface area (Å²) >= 11 is 0. The summed E-state index contributed by atoms with van der Waals surface area (Å²) in [7, 11) is 6.93. The Balaban J connectivity index is 1.75. The van der Waals surface area contributed by atoms with Gasteiger partial charge in [0.15, 0.2) is 0 Å². The van der Waals surface area contributed by atoms with E-state index in [-0.39, 0.29) is 11.1 Å². The van der Waals surface area contributed by atoms with Crippen LogP contribution in [0.2, 0.25) is 0 Å². The first-order valence-electron chi connectivity index (χ1n) is 9.94. The number of aromatic nitrogens is 4. The Morgan fingerprint density at radius 3 is 1.32 bits per heavy atom. The Morgan fingerprint density at radius 2 is 1.00 bits per heavy atom. The topological polar surface area (TPSA) is 53.9 Å². The lowest BCUT2D eigenvalue weighted by atomic mass is 10.0. The summed E-state index contributed by atoms with van der Waals surface area (Å²) in [4.78, 5) is 27.3. The lowest BCUT2D eigenvalue weighted by Gasteiger charge is -2.09. The van der Waals surface area contributed by atoms with Crippen molar-refractivity contribution in [2.45, 2.75) is 17.9 Å². The van der Waals surface area contributed by atoms with Gasteiger partial charge in [-0.1, -0.05) is 58.0 Å². The number of benzene rings is 2. The molecule has 8 heteroatoms. The van der Waals surface area contributed by atoms with Gasteiger partial charge in [-0.05, 0) is 38.1 Å². The van der Waals surface area contributed by atoms with Crippen LogP contribution in [0.15, 0.2) is 70.3 Å². The molecule has 0 bridgehead atoms. The highest BCUT2D eigenvalue weighted by Crippen LogP contribution is 2.74. The van der Waals surface area contributed by atoms with Crippen molar-refractivity contribution in [2.24, 2.45) is 14.1 Å². The van der Waals surface area contributed by atoms with E-state index in [0.29, 0.717) is 11.1 Å². The maximum Gasteiger partial charge on any atom is 0.277 e. The van der Waals surface area contributed by atoms with Gasteiger partial charge in [-0.15, -0.1) is 0 Å². The van der Waals surface area contributed by atoms with Crippen molar-refractivity contribution in [1.82, 2.24) is 18.7 Å². The van der Waals surface area contributed by atoms with E-state index in [4.69, 9.17) is 0 Å². The van der Waals surface area contributed by atoms with Gasteiger partial charge in [-0.3, -0.25) is 19.0 Å². The predicted octanol–water partition coefficient (Wildman–Crippen LogP) is 3.88. The van der Waals surface area contributed by atoms with E-state index in [1.54, 1.807) is 31.0 Å². The third-order valence-corrected chi connectivity index (χ3v) is 8.83. The molecule has 0 saturated carbocycles. The summed E-state index contributed by atoms with van der Waals surface area (Å²) in [5.74, 6) is 0. The number of hydrogen-bond donors (Lipinski definition) is 0. The Bertz CT molecular complexity index is 1300. The van der Waals surface area contributed by atoms with Crippen LogP contribution >= 0.6 is 21.6 Å². The molecule has 0 amide bonds. The highest BCUT2D eigenvalue weighted by atomic mass is 33.2. The van der Waals surface area contributed by atoms with Gasteiger partial charge in [-0.2, -0.15) is 0 Å². The molecule has 5 rings (SSSR count). The van der Waals surface area contributed by atoms with Gasteiger partial charge in [0, 0.05) is 25.5 Å². The van der Waals surface area contributed by atoms with Crippen LogP contribution in [0.4, 0.5) is 0 Å². The second kappa shape index (κ2) is 7.10. The molecule has 0 unspecified atom stereocenters. The van der Waals surface area contributed by atoms with Gasteiger partial charge in [0.2, 0.25) is 0 Å². The average molecular weight is 451 g/mol. The van der Waals surface area contributed by atoms with E-state index in [0.717, 1.165) is 22.8 Å². The molecule has 158 valence electrons. The molecule has 0 atom stereocenters. The van der Waals surface area contributed by atoms with Gasteiger partial charge < -0.3 is 0 Å². The number of para-hydroxylation sites is 2. The molecular weight excluding hydrogens is 428 g/mol. The van der Waals surface area contributed by atoms with Crippen LogP contribution in [0.5, 0.6) is 0 Å². The summed E-state index contributed by atoms with van der Waals surface area (Å²) in [5.41, 5.74) is 4.50. The first kappa shape index (κ1) is 20.1. The quantitative estimate of drug-likeness (QED) is 0.350. The molecule has 6 nitrogen and oxygen atoms in total. The smallest absolute Gasteiger partial charge is 0.277 e. The summed E-state index contributed by atoms with van der Waals surface area (Å²) < 4.78 is 6.42. The molecule has 1 aliphatic heterocycles. The zero-order valence-corrected chi connectivity index (χ0v) is 19.3. The SMILES string of the molecule is Cc1c(C2(c3c(C)n(C)n(-c4ccccc4)c3=O)SS2)c(=O)n(-c2ccccc2)n1C. The molecule has 0 radical (unpaired) electrons. The van der Waals surface area contributed by atoms with Gasteiger partial charge in [0.1, 0.15) is 4.08 Å². The fraction of sp³-hybridized carbons (Fsp3) is 0.217. The van der Waals surface area contributed by atoms with Crippen molar-refractivity contribution >= 4 is 21.6 Å². The summed E-state index contributed by atoms with van der Waals surface area (Å²) in [5, 5.41) is 0. The summed E-state index contributed by atoms with van der Waals surface area (Å²) in [6.45, 7) is 3.90. The largest absolute Gasteiger partial charge is 0.285 e. The number of rotatable bonds is 4. The van der Waals surface area contributed by atoms with Gasteiger partial charge in [-0.25, -0.2) is 9.36 Å². The first-order valence-corrected chi connectivity index (χ1v) is 12.1. The Morgan fingerprint density at radius 1 is 0.645 bits per heavy atom. The molecule has 2 aromatic heterocycles. The van der Waals surface area contributed by atoms with E-state index in [1.807, 2.05) is 98.0 Å². The normalized spacial score (nSPS) is 14.7. The Kier molecular flexibility index (Phi) is 4.60. The van der Waals surface area contributed by atoms with Crippen LogP contribution in [-0.4, -0.2) is 18.7 Å². The minimum atomic E-state index is -0.697. The van der Waals surface area contributed by atoms with E-state index in [9.17, 15) is 9.59 Å². The molecular formula is C23H22N4O2S2. The molecule has 0 N–H and O–H groups in total. The monoisotopic (exact) mass is 450 g/mol. The molecule has 1 fully saturated rings. The van der Waals surface area contributed by atoms with Crippen LogP contribution < -0.4 is 11.1 Å². The Hall–Kier alpha value is -2.84. The van der Waals surface area contributed by atoms with Crippen LogP contribution in [0.25, 0.3) is 11.4 Å². The van der Waals surface area contributed by atoms with Crippen molar-refractivity contribution in [3.63, 3.8) is 0 Å². The third kappa shape index (κ3) is 2.81. The summed E-state index contributed by atoms with van der Waals surface area (Å²) in [6.07, 6.45) is 0. The molecule has 2 aromatic carbocycles. The molecule has 1 aliphatic rings. The van der Waals surface area contributed by atoms with Crippen molar-refractivity contribution in [2.75, 3.05) is 0 Å². The first-order chi connectivity index (χ1) is 14.9. The van der Waals surface area contributed by atoms with Crippen molar-refractivity contribution in [3.05, 3.63) is 104 Å². The number of hydrogen-bond acceptors (Lipinski definition) is 4. The second-order valence-corrected chi connectivity index (χ2v) is 10.5. The highest BCUT2D eigenvalue weighted by molar-refractivity contribution is 8.93. The minimum absolute atomic E-state index is 0.0855. The maximum absolute atomic E-state index is 13.7. The van der Waals surface area contributed by atoms with Crippen molar-refractivity contribution < 1.29 is 0 Å². The van der Waals surface area contributed by atoms with E-state index < -0.39 is 4.08 Å². The predicted molar refractivity (Wildman–Crippen MR) is 127 cm³/mol. The van der Waals surface area contributed by atoms with Crippen LogP contribution in [0.1, 0.15) is 22.5 Å². The molecule has 31 heavy (non-hydrogen) atoms. The molecule has 4 aromatic rings. The van der Waals surface area contributed by atoms with E-state index >= 15 is 0 Å². The lowest BCUT2D eigenvalue weighted by Crippen LogP contribution is -2.28. The summed E-state index contributed by atoms with van der Waals surface area (Å²) in [6, 6.07) is 19.2. The fourth-order valence-electron chi connectivity index (χ4n) is 4.23. The van der Waals surface area contributed by atoms with Crippen LogP contribution in [0.3, 0.4) is 0 Å². The molecule has 3 heterocycles. The van der Waals surface area contributed by atoms with Crippen molar-refractivity contribution in [1.29, 1.82) is 0 Å². The van der Waals surface area contributed by atoms with Crippen LogP contribution in [0, 0.1) is 13.8 Å². The fourth-order valence-corrected chi connectivity index (χ4v) is 6.83. The zero-order chi connectivity index (χ0) is 21.9. The average Bonchev–Trinajstić information content (AvgIpc) is 3.46. The minimum Gasteiger partial charge on any atom is -0.285 e. The van der Waals surface area contributed by atoms with Gasteiger partial charge in [0.05, 0.1) is 22.5 Å². The third-order valence-electron chi connectivity index (χ3n) is 6.02.